The summed E-state index contributed by atoms with van der Waals surface area (Å²) in [6, 6.07) is 8.38. The Morgan fingerprint density at radius 2 is 2.15 bits per heavy atom. The van der Waals surface area contributed by atoms with Crippen molar-refractivity contribution in [3.8, 4) is 0 Å². The second kappa shape index (κ2) is 5.69. The first kappa shape index (κ1) is 13.8. The molecule has 1 spiro atoms. The van der Waals surface area contributed by atoms with Gasteiger partial charge in [0.25, 0.3) is 0 Å². The highest BCUT2D eigenvalue weighted by Crippen LogP contribution is 2.44. The second-order valence-electron chi connectivity index (χ2n) is 6.47. The molecule has 0 amide bonds. The summed E-state index contributed by atoms with van der Waals surface area (Å²) in [4.78, 5) is 12.5. The van der Waals surface area contributed by atoms with Gasteiger partial charge in [-0.2, -0.15) is 0 Å². The number of hydrogen-bond donors (Lipinski definition) is 0. The molecule has 1 atom stereocenters. The summed E-state index contributed by atoms with van der Waals surface area (Å²) in [5.41, 5.74) is 2.69. The molecule has 3 rings (SSSR count). The van der Waals surface area contributed by atoms with E-state index in [0.29, 0.717) is 12.2 Å². The Labute approximate surface area is 121 Å². The Morgan fingerprint density at radius 1 is 1.35 bits per heavy atom. The molecule has 20 heavy (non-hydrogen) atoms. The summed E-state index contributed by atoms with van der Waals surface area (Å²) in [6.45, 7) is 2.90. The van der Waals surface area contributed by atoms with E-state index in [1.807, 2.05) is 0 Å². The maximum Gasteiger partial charge on any atom is 0.136 e. The van der Waals surface area contributed by atoms with Crippen LogP contribution in [0.25, 0.3) is 0 Å². The summed E-state index contributed by atoms with van der Waals surface area (Å²) in [5, 5.41) is 0. The molecule has 2 heteroatoms. The zero-order valence-electron chi connectivity index (χ0n) is 12.4. The lowest BCUT2D eigenvalue weighted by Crippen LogP contribution is -2.47. The lowest BCUT2D eigenvalue weighted by Gasteiger charge is -2.46. The van der Waals surface area contributed by atoms with Gasteiger partial charge in [-0.05, 0) is 56.6 Å². The van der Waals surface area contributed by atoms with Crippen LogP contribution in [0, 0.1) is 12.8 Å². The van der Waals surface area contributed by atoms with Crippen molar-refractivity contribution in [3.63, 3.8) is 0 Å². The highest BCUT2D eigenvalue weighted by Gasteiger charge is 2.43. The first-order valence-electron chi connectivity index (χ1n) is 7.90. The summed E-state index contributed by atoms with van der Waals surface area (Å²) in [7, 11) is 0. The third-order valence-electron chi connectivity index (χ3n) is 5.12. The van der Waals surface area contributed by atoms with Crippen molar-refractivity contribution in [1.82, 2.24) is 0 Å². The fraction of sp³-hybridized carbons (Fsp3) is 0.611. The maximum absolute atomic E-state index is 12.5. The second-order valence-corrected chi connectivity index (χ2v) is 6.47. The normalized spacial score (nSPS) is 24.4. The van der Waals surface area contributed by atoms with Gasteiger partial charge in [0.2, 0.25) is 0 Å². The predicted octanol–water partition coefficient (Wildman–Crippen LogP) is 3.85. The zero-order valence-corrected chi connectivity index (χ0v) is 12.4. The molecule has 1 aromatic carbocycles. The molecule has 1 heterocycles. The molecule has 0 aromatic heterocycles. The maximum atomic E-state index is 12.5. The van der Waals surface area contributed by atoms with Gasteiger partial charge in [-0.25, -0.2) is 0 Å². The molecule has 1 aliphatic carbocycles. The van der Waals surface area contributed by atoms with Crippen LogP contribution in [0.2, 0.25) is 0 Å². The third-order valence-corrected chi connectivity index (χ3v) is 5.12. The minimum Gasteiger partial charge on any atom is -0.375 e. The fourth-order valence-electron chi connectivity index (χ4n) is 3.57. The van der Waals surface area contributed by atoms with Crippen molar-refractivity contribution in [2.45, 2.75) is 57.5 Å². The number of hydrogen-bond acceptors (Lipinski definition) is 2. The average molecular weight is 272 g/mol. The Balaban J connectivity index is 1.55. The summed E-state index contributed by atoms with van der Waals surface area (Å²) in [6.07, 6.45) is 7.06. The number of Topliss-reactive ketones (excluding diaryl/α,β-unsaturated/α-hetero) is 1. The topological polar surface area (TPSA) is 26.3 Å². The SMILES string of the molecule is Cc1ccccc1CCC(=O)C1CCOC2(CCC2)C1. The number of rotatable bonds is 4. The summed E-state index contributed by atoms with van der Waals surface area (Å²) >= 11 is 0. The molecule has 0 bridgehead atoms. The molecule has 2 nitrogen and oxygen atoms in total. The minimum absolute atomic E-state index is 0.0846. The average Bonchev–Trinajstić information content (AvgIpc) is 2.44. The van der Waals surface area contributed by atoms with E-state index in [0.717, 1.165) is 38.7 Å². The molecule has 2 aliphatic rings. The molecule has 1 aliphatic heterocycles. The lowest BCUT2D eigenvalue weighted by atomic mass is 9.71. The molecular formula is C18H24O2. The number of benzene rings is 1. The van der Waals surface area contributed by atoms with Gasteiger partial charge in [0.1, 0.15) is 5.78 Å². The van der Waals surface area contributed by atoms with Crippen LogP contribution < -0.4 is 0 Å². The van der Waals surface area contributed by atoms with Crippen LogP contribution in [0.3, 0.4) is 0 Å². The van der Waals surface area contributed by atoms with E-state index in [1.165, 1.54) is 17.5 Å². The van der Waals surface area contributed by atoms with Crippen molar-refractivity contribution in [3.05, 3.63) is 35.4 Å². The van der Waals surface area contributed by atoms with Crippen LogP contribution in [-0.4, -0.2) is 18.0 Å². The molecule has 1 saturated carbocycles. The third kappa shape index (κ3) is 2.80. The van der Waals surface area contributed by atoms with E-state index >= 15 is 0 Å². The molecule has 0 N–H and O–H groups in total. The minimum atomic E-state index is 0.0846. The number of carbonyl (C=O) groups is 1. The fourth-order valence-corrected chi connectivity index (χ4v) is 3.57. The lowest BCUT2D eigenvalue weighted by molar-refractivity contribution is -0.155. The van der Waals surface area contributed by atoms with Gasteiger partial charge in [-0.3, -0.25) is 4.79 Å². The molecule has 1 aromatic rings. The highest BCUT2D eigenvalue weighted by atomic mass is 16.5. The molecule has 108 valence electrons. The van der Waals surface area contributed by atoms with Gasteiger partial charge >= 0.3 is 0 Å². The number of ether oxygens (including phenoxy) is 1. The van der Waals surface area contributed by atoms with Crippen molar-refractivity contribution >= 4 is 5.78 Å². The molecule has 0 radical (unpaired) electrons. The van der Waals surface area contributed by atoms with Gasteiger partial charge in [-0.1, -0.05) is 24.3 Å². The quantitative estimate of drug-likeness (QED) is 0.832. The first-order valence-corrected chi connectivity index (χ1v) is 7.90. The largest absolute Gasteiger partial charge is 0.375 e. The van der Waals surface area contributed by atoms with E-state index in [9.17, 15) is 4.79 Å². The van der Waals surface area contributed by atoms with Crippen LogP contribution in [0.1, 0.15) is 49.7 Å². The van der Waals surface area contributed by atoms with Crippen molar-refractivity contribution in [1.29, 1.82) is 0 Å². The number of ketones is 1. The smallest absolute Gasteiger partial charge is 0.136 e. The monoisotopic (exact) mass is 272 g/mol. The van der Waals surface area contributed by atoms with Gasteiger partial charge in [0.15, 0.2) is 0 Å². The van der Waals surface area contributed by atoms with E-state index in [-0.39, 0.29) is 11.5 Å². The van der Waals surface area contributed by atoms with Crippen LogP contribution >= 0.6 is 0 Å². The van der Waals surface area contributed by atoms with Gasteiger partial charge in [-0.15, -0.1) is 0 Å². The Morgan fingerprint density at radius 3 is 2.85 bits per heavy atom. The van der Waals surface area contributed by atoms with Crippen LogP contribution in [0.15, 0.2) is 24.3 Å². The Bertz CT molecular complexity index is 488. The number of aryl methyl sites for hydroxylation is 2. The van der Waals surface area contributed by atoms with Gasteiger partial charge in [0.05, 0.1) is 5.60 Å². The Hall–Kier alpha value is -1.15. The molecular weight excluding hydrogens is 248 g/mol. The van der Waals surface area contributed by atoms with E-state index in [2.05, 4.69) is 31.2 Å². The van der Waals surface area contributed by atoms with Crippen LogP contribution in [0.4, 0.5) is 0 Å². The van der Waals surface area contributed by atoms with Crippen molar-refractivity contribution in [2.24, 2.45) is 5.92 Å². The molecule has 2 fully saturated rings. The van der Waals surface area contributed by atoms with Gasteiger partial charge in [0, 0.05) is 18.9 Å². The first-order chi connectivity index (χ1) is 9.69. The standard InChI is InChI=1S/C18H24O2/c1-14-5-2-3-6-15(14)7-8-17(19)16-9-12-20-18(13-16)10-4-11-18/h2-3,5-6,16H,4,7-13H2,1H3. The number of carbonyl (C=O) groups excluding carboxylic acids is 1. The van der Waals surface area contributed by atoms with E-state index in [4.69, 9.17) is 4.74 Å². The van der Waals surface area contributed by atoms with E-state index < -0.39 is 0 Å². The molecule has 1 saturated heterocycles. The van der Waals surface area contributed by atoms with Crippen LogP contribution in [0.5, 0.6) is 0 Å². The van der Waals surface area contributed by atoms with Gasteiger partial charge < -0.3 is 4.74 Å². The van der Waals surface area contributed by atoms with Crippen LogP contribution in [-0.2, 0) is 16.0 Å². The highest BCUT2D eigenvalue weighted by molar-refractivity contribution is 5.81. The van der Waals surface area contributed by atoms with E-state index in [1.54, 1.807) is 0 Å². The summed E-state index contributed by atoms with van der Waals surface area (Å²) in [5.74, 6) is 0.691. The van der Waals surface area contributed by atoms with Crippen molar-refractivity contribution in [2.75, 3.05) is 6.61 Å². The Kier molecular flexibility index (Phi) is 3.93. The van der Waals surface area contributed by atoms with Crippen molar-refractivity contribution < 1.29 is 9.53 Å². The molecule has 1 unspecified atom stereocenters. The zero-order chi connectivity index (χ0) is 14.0. The summed E-state index contributed by atoms with van der Waals surface area (Å²) < 4.78 is 5.91. The predicted molar refractivity (Wildman–Crippen MR) is 79.8 cm³/mol.